The van der Waals surface area contributed by atoms with Gasteiger partial charge in [-0.15, -0.1) is 11.3 Å². The maximum Gasteiger partial charge on any atom is 0.101 e. The van der Waals surface area contributed by atoms with Crippen molar-refractivity contribution in [1.29, 1.82) is 0 Å². The number of nitrogens with zero attached hydrogens (tertiary/aromatic N) is 1. The number of fused-ring (bicyclic) bond motifs is 8. The standard InChI is InChI=1S/C54H38ClNS/c1-53(2)42-20-7-5-15-34(42)36-24-23-33(28-44(36)53)56(47-25-22-32-14-10-18-38-37-17-9-12-31-13-11-19-39(50(31)37)52(47)51(32)38)49-27-26-48(57-49)41-29-45-40(30-46(41)55)35-16-6-8-21-43(35)54(45,3)4/h5-30H,1-4H3. The molecule has 0 spiro atoms. The molecule has 0 unspecified atom stereocenters. The highest BCUT2D eigenvalue weighted by molar-refractivity contribution is 7.19. The van der Waals surface area contributed by atoms with Crippen molar-refractivity contribution in [2.75, 3.05) is 4.90 Å². The van der Waals surface area contributed by atoms with Gasteiger partial charge in [0.25, 0.3) is 0 Å². The molecule has 12 rings (SSSR count). The van der Waals surface area contributed by atoms with Gasteiger partial charge in [0.05, 0.1) is 5.69 Å². The van der Waals surface area contributed by atoms with Gasteiger partial charge < -0.3 is 4.90 Å². The summed E-state index contributed by atoms with van der Waals surface area (Å²) in [5.41, 5.74) is 13.8. The molecule has 2 aliphatic rings. The first kappa shape index (κ1) is 33.2. The fourth-order valence-electron chi connectivity index (χ4n) is 10.5. The highest BCUT2D eigenvalue weighted by atomic mass is 35.5. The summed E-state index contributed by atoms with van der Waals surface area (Å²) in [6.45, 7) is 9.41. The molecule has 0 saturated heterocycles. The zero-order valence-electron chi connectivity index (χ0n) is 32.2. The van der Waals surface area contributed by atoms with Gasteiger partial charge in [-0.05, 0) is 125 Å². The first-order valence-corrected chi connectivity index (χ1v) is 21.1. The molecule has 9 aromatic carbocycles. The smallest absolute Gasteiger partial charge is 0.101 e. The van der Waals surface area contributed by atoms with Crippen LogP contribution in [0.5, 0.6) is 0 Å². The summed E-state index contributed by atoms with van der Waals surface area (Å²) in [5, 5.41) is 12.2. The van der Waals surface area contributed by atoms with Crippen LogP contribution in [0.15, 0.2) is 158 Å². The fraction of sp³-hybridized carbons (Fsp3) is 0.111. The summed E-state index contributed by atoms with van der Waals surface area (Å²) in [6.07, 6.45) is 0. The van der Waals surface area contributed by atoms with Gasteiger partial charge in [-0.1, -0.05) is 155 Å². The van der Waals surface area contributed by atoms with Gasteiger partial charge in [-0.25, -0.2) is 0 Å². The Kier molecular flexibility index (Phi) is 6.75. The second-order valence-electron chi connectivity index (χ2n) is 17.0. The van der Waals surface area contributed by atoms with Gasteiger partial charge in [0, 0.05) is 37.4 Å². The van der Waals surface area contributed by atoms with Crippen LogP contribution in [0, 0.1) is 0 Å². The summed E-state index contributed by atoms with van der Waals surface area (Å²) in [5.74, 6) is 0. The van der Waals surface area contributed by atoms with Crippen LogP contribution in [0.2, 0.25) is 5.02 Å². The Hall–Kier alpha value is -5.93. The van der Waals surface area contributed by atoms with Crippen molar-refractivity contribution >= 4 is 82.4 Å². The minimum atomic E-state index is -0.133. The zero-order valence-corrected chi connectivity index (χ0v) is 33.8. The van der Waals surface area contributed by atoms with E-state index in [0.29, 0.717) is 0 Å². The second kappa shape index (κ2) is 11.6. The highest BCUT2D eigenvalue weighted by Gasteiger charge is 2.38. The molecule has 0 atom stereocenters. The fourth-order valence-corrected chi connectivity index (χ4v) is 11.9. The van der Waals surface area contributed by atoms with Crippen molar-refractivity contribution < 1.29 is 0 Å². The van der Waals surface area contributed by atoms with Gasteiger partial charge in [0.15, 0.2) is 0 Å². The van der Waals surface area contributed by atoms with Crippen molar-refractivity contribution in [3.63, 3.8) is 0 Å². The van der Waals surface area contributed by atoms with Crippen LogP contribution in [0.1, 0.15) is 49.9 Å². The van der Waals surface area contributed by atoms with Crippen LogP contribution in [-0.2, 0) is 10.8 Å². The Morgan fingerprint density at radius 2 is 1.04 bits per heavy atom. The van der Waals surface area contributed by atoms with Crippen LogP contribution < -0.4 is 4.90 Å². The molecule has 0 aliphatic heterocycles. The number of halogens is 1. The summed E-state index contributed by atoms with van der Waals surface area (Å²) >= 11 is 9.10. The molecule has 3 heteroatoms. The molecule has 1 heterocycles. The summed E-state index contributed by atoms with van der Waals surface area (Å²) in [6, 6.07) is 58.9. The summed E-state index contributed by atoms with van der Waals surface area (Å²) in [4.78, 5) is 3.68. The third kappa shape index (κ3) is 4.46. The summed E-state index contributed by atoms with van der Waals surface area (Å²) < 4.78 is 0. The molecular formula is C54H38ClNS. The molecule has 0 N–H and O–H groups in total. The molecular weight excluding hydrogens is 730 g/mol. The van der Waals surface area contributed by atoms with Gasteiger partial charge in [0.1, 0.15) is 5.00 Å². The Bertz CT molecular complexity index is 3320. The summed E-state index contributed by atoms with van der Waals surface area (Å²) in [7, 11) is 0. The van der Waals surface area contributed by atoms with Crippen molar-refractivity contribution in [2.45, 2.75) is 38.5 Å². The van der Waals surface area contributed by atoms with Crippen LogP contribution >= 0.6 is 22.9 Å². The van der Waals surface area contributed by atoms with E-state index < -0.39 is 0 Å². The number of anilines is 3. The largest absolute Gasteiger partial charge is 0.301 e. The maximum atomic E-state index is 7.29. The molecule has 272 valence electrons. The third-order valence-corrected chi connectivity index (χ3v) is 14.7. The molecule has 0 saturated carbocycles. The van der Waals surface area contributed by atoms with E-state index in [9.17, 15) is 0 Å². The Morgan fingerprint density at radius 1 is 0.439 bits per heavy atom. The van der Waals surface area contributed by atoms with Crippen LogP contribution in [-0.4, -0.2) is 0 Å². The molecule has 10 aromatic rings. The first-order chi connectivity index (χ1) is 27.7. The number of rotatable bonds is 4. The van der Waals surface area contributed by atoms with E-state index in [1.165, 1.54) is 93.3 Å². The lowest BCUT2D eigenvalue weighted by atomic mass is 9.82. The van der Waals surface area contributed by atoms with E-state index in [-0.39, 0.29) is 10.8 Å². The lowest BCUT2D eigenvalue weighted by molar-refractivity contribution is 0.660. The van der Waals surface area contributed by atoms with Gasteiger partial charge in [-0.2, -0.15) is 0 Å². The number of benzene rings is 9. The van der Waals surface area contributed by atoms with Crippen LogP contribution in [0.3, 0.4) is 0 Å². The maximum absolute atomic E-state index is 7.29. The number of hydrogen-bond donors (Lipinski definition) is 0. The van der Waals surface area contributed by atoms with E-state index in [1.54, 1.807) is 0 Å². The van der Waals surface area contributed by atoms with Gasteiger partial charge in [0.2, 0.25) is 0 Å². The van der Waals surface area contributed by atoms with Crippen molar-refractivity contribution in [1.82, 2.24) is 0 Å². The van der Waals surface area contributed by atoms with E-state index in [1.807, 2.05) is 11.3 Å². The Morgan fingerprint density at radius 3 is 1.75 bits per heavy atom. The van der Waals surface area contributed by atoms with Crippen molar-refractivity contribution in [3.8, 4) is 32.7 Å². The quantitative estimate of drug-likeness (QED) is 0.127. The zero-order chi connectivity index (χ0) is 38.4. The van der Waals surface area contributed by atoms with E-state index in [2.05, 4.69) is 190 Å². The predicted octanol–water partition coefficient (Wildman–Crippen LogP) is 16.2. The average molecular weight is 768 g/mol. The van der Waals surface area contributed by atoms with Gasteiger partial charge >= 0.3 is 0 Å². The van der Waals surface area contributed by atoms with E-state index >= 15 is 0 Å². The lowest BCUT2D eigenvalue weighted by Crippen LogP contribution is -2.16. The van der Waals surface area contributed by atoms with E-state index in [4.69, 9.17) is 11.6 Å². The van der Waals surface area contributed by atoms with Gasteiger partial charge in [-0.3, -0.25) is 0 Å². The highest BCUT2D eigenvalue weighted by Crippen LogP contribution is 2.55. The minimum absolute atomic E-state index is 0.116. The van der Waals surface area contributed by atoms with Crippen LogP contribution in [0.4, 0.5) is 16.4 Å². The molecule has 0 fully saturated rings. The van der Waals surface area contributed by atoms with Crippen molar-refractivity contribution in [2.24, 2.45) is 0 Å². The lowest BCUT2D eigenvalue weighted by Gasteiger charge is -2.29. The van der Waals surface area contributed by atoms with E-state index in [0.717, 1.165) is 26.2 Å². The number of thiophene rings is 1. The predicted molar refractivity (Wildman–Crippen MR) is 246 cm³/mol. The molecule has 0 bridgehead atoms. The monoisotopic (exact) mass is 767 g/mol. The SMILES string of the molecule is CC1(C)c2ccccc2-c2ccc(N(c3ccc(-c4cc5c(cc4Cl)-c4ccccc4C5(C)C)s3)c3ccc4cccc5c6cccc7cccc(c3c45)c76)cc21. The second-order valence-corrected chi connectivity index (χ2v) is 18.5. The molecule has 0 amide bonds. The Labute approximate surface area is 341 Å². The van der Waals surface area contributed by atoms with Crippen LogP contribution in [0.25, 0.3) is 75.8 Å². The minimum Gasteiger partial charge on any atom is -0.301 e. The first-order valence-electron chi connectivity index (χ1n) is 19.9. The molecule has 2 aliphatic carbocycles. The number of hydrogen-bond acceptors (Lipinski definition) is 2. The molecule has 0 radical (unpaired) electrons. The topological polar surface area (TPSA) is 3.24 Å². The van der Waals surface area contributed by atoms with Crippen molar-refractivity contribution in [3.05, 3.63) is 185 Å². The molecule has 57 heavy (non-hydrogen) atoms. The third-order valence-electron chi connectivity index (χ3n) is 13.3. The molecule has 1 nitrogen and oxygen atoms in total. The molecule has 1 aromatic heterocycles. The average Bonchev–Trinajstić information content (AvgIpc) is 3.86. The Balaban J connectivity index is 1.12. The normalized spacial score (nSPS) is 14.7.